The third-order valence-corrected chi connectivity index (χ3v) is 10.5. The molecule has 4 aromatic heterocycles. The van der Waals surface area contributed by atoms with Crippen molar-refractivity contribution in [3.8, 4) is 34.1 Å². The van der Waals surface area contributed by atoms with Crippen molar-refractivity contribution in [3.63, 3.8) is 0 Å². The van der Waals surface area contributed by atoms with Crippen molar-refractivity contribution in [2.75, 3.05) is 59.9 Å². The van der Waals surface area contributed by atoms with Crippen LogP contribution in [-0.2, 0) is 22.6 Å². The first kappa shape index (κ1) is 49.0. The van der Waals surface area contributed by atoms with Crippen molar-refractivity contribution < 1.29 is 32.2 Å². The smallest absolute Gasteiger partial charge is 0.193 e. The molecule has 0 fully saturated rings. The fourth-order valence-corrected chi connectivity index (χ4v) is 6.91. The molecule has 0 aliphatic heterocycles. The van der Waals surface area contributed by atoms with Gasteiger partial charge in [0, 0.05) is 61.8 Å². The Balaban J connectivity index is 0.000000236. The summed E-state index contributed by atoms with van der Waals surface area (Å²) >= 11 is 12.7. The molecule has 8 aromatic rings. The lowest BCUT2D eigenvalue weighted by Gasteiger charge is -2.22. The molecule has 0 bridgehead atoms. The predicted octanol–water partition coefficient (Wildman–Crippen LogP) is 10.1. The van der Waals surface area contributed by atoms with Gasteiger partial charge < -0.3 is 33.5 Å². The topological polar surface area (TPSA) is 152 Å². The van der Waals surface area contributed by atoms with Crippen LogP contribution in [0.2, 0.25) is 10.0 Å². The molecule has 8 rings (SSSR count). The van der Waals surface area contributed by atoms with Crippen molar-refractivity contribution >= 4 is 45.1 Å². The summed E-state index contributed by atoms with van der Waals surface area (Å²) in [5.41, 5.74) is 9.55. The number of hydrogen-bond donors (Lipinski definition) is 1. The van der Waals surface area contributed by atoms with Crippen LogP contribution in [-0.4, -0.2) is 74.8 Å². The number of pyridine rings is 2. The number of nitrogens with two attached hydrogens (primary N) is 1. The van der Waals surface area contributed by atoms with Crippen LogP contribution in [0.1, 0.15) is 11.4 Å². The maximum atomic E-state index is 12.4. The van der Waals surface area contributed by atoms with Gasteiger partial charge in [0.15, 0.2) is 10.9 Å². The summed E-state index contributed by atoms with van der Waals surface area (Å²) in [7, 11) is 0.500. The number of alkyl halides is 1. The first-order valence-electron chi connectivity index (χ1n) is 21.0. The fraction of sp³-hybridized carbons (Fsp3) is 0.216. The number of benzene rings is 4. The summed E-state index contributed by atoms with van der Waals surface area (Å²) < 4.78 is 43.7. The largest absolute Gasteiger partial charge is 0.491 e. The Morgan fingerprint density at radius 1 is 0.561 bits per heavy atom. The first-order valence-corrected chi connectivity index (χ1v) is 21.8. The van der Waals surface area contributed by atoms with Gasteiger partial charge in [0.05, 0.1) is 65.8 Å². The van der Waals surface area contributed by atoms with Gasteiger partial charge in [0.1, 0.15) is 47.4 Å². The normalized spacial score (nSPS) is 10.9. The maximum Gasteiger partial charge on any atom is 0.193 e. The average Bonchev–Trinajstić information content (AvgIpc) is 3.35. The number of fused-ring (bicyclic) bond motifs is 2. The van der Waals surface area contributed by atoms with Crippen LogP contribution in [0.3, 0.4) is 0 Å². The highest BCUT2D eigenvalue weighted by Gasteiger charge is 2.14. The zero-order valence-corrected chi connectivity index (χ0v) is 37.8. The standard InChI is InChI=1S/C31H27Cl2N3O4.C19H19NO4.CH3F/c32-25-6-3-13-34-27(25)20-36(21-28-26(33)7-4-14-35-28)15-16-38-17-18-39-23-11-9-22(10-12-23)31-19-29(37)24-5-1-2-8-30(24)40-31;20-9-10-22-11-12-23-15-7-5-14(6-8-15)19-13-17(21)16-3-1-2-4-18(16)24-19;1-2/h1-14,19H,15-18,20-21H2;1-8,13H,9-12,20H2;1H3. The molecule has 4 heterocycles. The molecule has 2 N–H and O–H groups in total. The van der Waals surface area contributed by atoms with E-state index in [1.807, 2.05) is 97.1 Å². The monoisotopic (exact) mass is 934 g/mol. The molecule has 342 valence electrons. The highest BCUT2D eigenvalue weighted by Crippen LogP contribution is 2.26. The Labute approximate surface area is 391 Å². The molecule has 0 atom stereocenters. The molecule has 4 aromatic carbocycles. The average molecular weight is 936 g/mol. The van der Waals surface area contributed by atoms with Crippen LogP contribution in [0.5, 0.6) is 11.5 Å². The molecule has 0 saturated heterocycles. The van der Waals surface area contributed by atoms with Gasteiger partial charge in [-0.05, 0) is 97.1 Å². The van der Waals surface area contributed by atoms with Gasteiger partial charge in [-0.1, -0.05) is 47.5 Å². The second-order valence-corrected chi connectivity index (χ2v) is 15.1. The van der Waals surface area contributed by atoms with E-state index in [1.54, 1.807) is 36.7 Å². The fourth-order valence-electron chi connectivity index (χ4n) is 6.55. The number of hydrogen-bond acceptors (Lipinski definition) is 12. The van der Waals surface area contributed by atoms with E-state index < -0.39 is 0 Å². The number of aromatic nitrogens is 2. The van der Waals surface area contributed by atoms with Crippen molar-refractivity contribution in [1.82, 2.24) is 14.9 Å². The third kappa shape index (κ3) is 14.3. The minimum Gasteiger partial charge on any atom is -0.491 e. The van der Waals surface area contributed by atoms with E-state index in [0.717, 1.165) is 28.3 Å². The third-order valence-electron chi connectivity index (χ3n) is 9.77. The van der Waals surface area contributed by atoms with Gasteiger partial charge in [0.2, 0.25) is 0 Å². The van der Waals surface area contributed by atoms with Crippen LogP contribution in [0.4, 0.5) is 4.39 Å². The van der Waals surface area contributed by atoms with Crippen molar-refractivity contribution in [1.29, 1.82) is 0 Å². The lowest BCUT2D eigenvalue weighted by Crippen LogP contribution is -2.28. The molecule has 15 heteroatoms. The number of nitrogens with zero attached hydrogens (tertiary/aromatic N) is 3. The second kappa shape index (κ2) is 25.9. The van der Waals surface area contributed by atoms with E-state index in [1.165, 1.54) is 12.1 Å². The number of para-hydroxylation sites is 2. The number of ether oxygens (including phenoxy) is 4. The predicted molar refractivity (Wildman–Crippen MR) is 257 cm³/mol. The van der Waals surface area contributed by atoms with Crippen LogP contribution >= 0.6 is 23.2 Å². The minimum atomic E-state index is -0.0702. The Hall–Kier alpha value is -6.45. The first-order chi connectivity index (χ1) is 32.3. The Morgan fingerprint density at radius 2 is 1.00 bits per heavy atom. The summed E-state index contributed by atoms with van der Waals surface area (Å²) in [5, 5.41) is 2.37. The molecular formula is C51H49Cl2FN4O8. The highest BCUT2D eigenvalue weighted by atomic mass is 35.5. The molecular weight excluding hydrogens is 886 g/mol. The molecule has 0 unspecified atom stereocenters. The zero-order valence-electron chi connectivity index (χ0n) is 36.2. The Kier molecular flexibility index (Phi) is 19.2. The summed E-state index contributed by atoms with van der Waals surface area (Å²) in [6.45, 7) is 5.00. The van der Waals surface area contributed by atoms with Gasteiger partial charge in [-0.2, -0.15) is 0 Å². The minimum absolute atomic E-state index is 0.0516. The molecule has 66 heavy (non-hydrogen) atoms. The maximum absolute atomic E-state index is 12.4. The van der Waals surface area contributed by atoms with E-state index >= 15 is 0 Å². The van der Waals surface area contributed by atoms with E-state index in [-0.39, 0.29) is 10.9 Å². The molecule has 12 nitrogen and oxygen atoms in total. The van der Waals surface area contributed by atoms with E-state index in [9.17, 15) is 14.0 Å². The molecule has 0 saturated carbocycles. The van der Waals surface area contributed by atoms with Crippen molar-refractivity contribution in [2.24, 2.45) is 5.73 Å². The molecule has 0 aliphatic carbocycles. The van der Waals surface area contributed by atoms with Crippen LogP contribution in [0.25, 0.3) is 44.6 Å². The summed E-state index contributed by atoms with van der Waals surface area (Å²) in [6, 6.07) is 39.6. The van der Waals surface area contributed by atoms with Gasteiger partial charge in [-0.25, -0.2) is 0 Å². The van der Waals surface area contributed by atoms with Crippen LogP contribution in [0.15, 0.2) is 164 Å². The quantitative estimate of drug-likeness (QED) is 0.0768. The van der Waals surface area contributed by atoms with Crippen molar-refractivity contribution in [3.05, 3.63) is 188 Å². The molecule has 0 radical (unpaired) electrons. The lowest BCUT2D eigenvalue weighted by molar-refractivity contribution is 0.0754. The Bertz CT molecular complexity index is 2820. The summed E-state index contributed by atoms with van der Waals surface area (Å²) in [6.07, 6.45) is 3.45. The highest BCUT2D eigenvalue weighted by molar-refractivity contribution is 6.31. The SMILES string of the molecule is CF.NCCOCCOc1ccc(-c2cc(=O)c3ccccc3o2)cc1.O=c1cc(-c2ccc(OCCOCCN(Cc3ncccc3Cl)Cc3ncccc3Cl)cc2)oc2ccccc12. The van der Waals surface area contributed by atoms with Crippen LogP contribution < -0.4 is 26.1 Å². The Morgan fingerprint density at radius 3 is 1.44 bits per heavy atom. The lowest BCUT2D eigenvalue weighted by atomic mass is 10.1. The molecule has 0 amide bonds. The van der Waals surface area contributed by atoms with Gasteiger partial charge in [-0.3, -0.25) is 28.8 Å². The number of halogens is 3. The van der Waals surface area contributed by atoms with E-state index in [0.29, 0.717) is 122 Å². The zero-order chi connectivity index (χ0) is 46.5. The van der Waals surface area contributed by atoms with Crippen molar-refractivity contribution in [2.45, 2.75) is 13.1 Å². The van der Waals surface area contributed by atoms with Gasteiger partial charge in [0.25, 0.3) is 0 Å². The molecule has 0 spiro atoms. The van der Waals surface area contributed by atoms with Crippen LogP contribution in [0, 0.1) is 0 Å². The summed E-state index contributed by atoms with van der Waals surface area (Å²) in [5.74, 6) is 2.49. The number of rotatable bonds is 19. The molecule has 0 aliphatic rings. The van der Waals surface area contributed by atoms with Gasteiger partial charge >= 0.3 is 0 Å². The van der Waals surface area contributed by atoms with Gasteiger partial charge in [-0.15, -0.1) is 0 Å². The van der Waals surface area contributed by atoms with E-state index in [4.69, 9.17) is 56.7 Å². The van der Waals surface area contributed by atoms with E-state index in [2.05, 4.69) is 14.9 Å². The second-order valence-electron chi connectivity index (χ2n) is 14.3. The summed E-state index contributed by atoms with van der Waals surface area (Å²) in [4.78, 5) is 35.5.